The molecule has 0 N–H and O–H groups in total. The van der Waals surface area contributed by atoms with Crippen LogP contribution in [0.1, 0.15) is 18.4 Å². The fourth-order valence-electron chi connectivity index (χ4n) is 4.04. The van der Waals surface area contributed by atoms with E-state index in [-0.39, 0.29) is 6.10 Å². The number of ether oxygens (including phenoxy) is 3. The van der Waals surface area contributed by atoms with Crippen LogP contribution in [0.15, 0.2) is 42.7 Å². The monoisotopic (exact) mass is 355 g/mol. The summed E-state index contributed by atoms with van der Waals surface area (Å²) in [5.41, 5.74) is 1.13. The summed E-state index contributed by atoms with van der Waals surface area (Å²) in [6, 6.07) is 10.2. The molecule has 2 fully saturated rings. The Balaban J connectivity index is 1.38. The molecule has 6 nitrogen and oxygen atoms in total. The predicted molar refractivity (Wildman–Crippen MR) is 97.2 cm³/mol. The molecule has 3 unspecified atom stereocenters. The minimum absolute atomic E-state index is 0.281. The van der Waals surface area contributed by atoms with Gasteiger partial charge in [0.05, 0.1) is 26.4 Å². The van der Waals surface area contributed by atoms with Gasteiger partial charge in [-0.15, -0.1) is 0 Å². The van der Waals surface area contributed by atoms with Crippen molar-refractivity contribution in [3.05, 3.63) is 48.3 Å². The fourth-order valence-corrected chi connectivity index (χ4v) is 4.04. The SMILES string of the molecule is COc1ncccc1CN1CCOC2CC(COc3ccccn3)CC21. The lowest BCUT2D eigenvalue weighted by molar-refractivity contribution is -0.0592. The average Bonchev–Trinajstić information content (AvgIpc) is 3.12. The van der Waals surface area contributed by atoms with Crippen molar-refractivity contribution in [2.45, 2.75) is 31.5 Å². The Morgan fingerprint density at radius 2 is 2.08 bits per heavy atom. The summed E-state index contributed by atoms with van der Waals surface area (Å²) in [5.74, 6) is 1.90. The lowest BCUT2D eigenvalue weighted by Crippen LogP contribution is -2.47. The molecule has 3 heterocycles. The largest absolute Gasteiger partial charge is 0.481 e. The van der Waals surface area contributed by atoms with Crippen LogP contribution in [0.4, 0.5) is 0 Å². The van der Waals surface area contributed by atoms with Gasteiger partial charge in [-0.3, -0.25) is 4.90 Å². The first-order chi connectivity index (χ1) is 12.8. The van der Waals surface area contributed by atoms with Crippen molar-refractivity contribution in [3.63, 3.8) is 0 Å². The van der Waals surface area contributed by atoms with Crippen molar-refractivity contribution in [2.75, 3.05) is 26.9 Å². The molecule has 2 aliphatic rings. The Morgan fingerprint density at radius 1 is 1.15 bits per heavy atom. The zero-order chi connectivity index (χ0) is 17.8. The van der Waals surface area contributed by atoms with E-state index in [1.165, 1.54) is 0 Å². The van der Waals surface area contributed by atoms with E-state index in [9.17, 15) is 0 Å². The minimum Gasteiger partial charge on any atom is -0.481 e. The van der Waals surface area contributed by atoms with Crippen LogP contribution < -0.4 is 9.47 Å². The number of fused-ring (bicyclic) bond motifs is 1. The van der Waals surface area contributed by atoms with Crippen molar-refractivity contribution >= 4 is 0 Å². The van der Waals surface area contributed by atoms with E-state index < -0.39 is 0 Å². The molecule has 1 saturated carbocycles. The first-order valence-corrected chi connectivity index (χ1v) is 9.21. The van der Waals surface area contributed by atoms with E-state index in [1.54, 1.807) is 19.5 Å². The molecular weight excluding hydrogens is 330 g/mol. The Hall–Kier alpha value is -2.18. The molecule has 3 atom stereocenters. The van der Waals surface area contributed by atoms with Gasteiger partial charge in [0.15, 0.2) is 0 Å². The molecule has 1 aliphatic heterocycles. The molecule has 138 valence electrons. The number of nitrogens with zero attached hydrogens (tertiary/aromatic N) is 3. The lowest BCUT2D eigenvalue weighted by atomic mass is 10.1. The average molecular weight is 355 g/mol. The second-order valence-corrected chi connectivity index (χ2v) is 6.94. The van der Waals surface area contributed by atoms with Crippen LogP contribution in [0.2, 0.25) is 0 Å². The molecular formula is C20H25N3O3. The molecule has 0 radical (unpaired) electrons. The summed E-state index contributed by atoms with van der Waals surface area (Å²) in [7, 11) is 1.68. The normalized spacial score (nSPS) is 25.7. The molecule has 26 heavy (non-hydrogen) atoms. The molecule has 0 bridgehead atoms. The smallest absolute Gasteiger partial charge is 0.217 e. The molecule has 2 aromatic heterocycles. The number of aromatic nitrogens is 2. The van der Waals surface area contributed by atoms with Crippen LogP contribution in [0.5, 0.6) is 11.8 Å². The Kier molecular flexibility index (Phi) is 5.32. The third-order valence-electron chi connectivity index (χ3n) is 5.27. The van der Waals surface area contributed by atoms with E-state index in [0.717, 1.165) is 38.1 Å². The number of morpholine rings is 1. The van der Waals surface area contributed by atoms with Crippen LogP contribution in [0, 0.1) is 5.92 Å². The standard InChI is InChI=1S/C20H25N3O3/c1-24-20-16(5-4-8-22-20)13-23-9-10-25-18-12-15(11-17(18)23)14-26-19-6-2-3-7-21-19/h2-8,15,17-18H,9-14H2,1H3. The van der Waals surface area contributed by atoms with Gasteiger partial charge in [0, 0.05) is 43.2 Å². The molecule has 6 heteroatoms. The summed E-state index contributed by atoms with van der Waals surface area (Å²) >= 11 is 0. The molecule has 2 aromatic rings. The number of methoxy groups -OCH3 is 1. The van der Waals surface area contributed by atoms with Gasteiger partial charge in [-0.2, -0.15) is 0 Å². The van der Waals surface area contributed by atoms with Gasteiger partial charge >= 0.3 is 0 Å². The highest BCUT2D eigenvalue weighted by Crippen LogP contribution is 2.35. The van der Waals surface area contributed by atoms with Crippen molar-refractivity contribution in [1.29, 1.82) is 0 Å². The molecule has 0 spiro atoms. The van der Waals surface area contributed by atoms with Gasteiger partial charge < -0.3 is 14.2 Å². The van der Waals surface area contributed by atoms with Crippen molar-refractivity contribution < 1.29 is 14.2 Å². The zero-order valence-corrected chi connectivity index (χ0v) is 15.1. The maximum Gasteiger partial charge on any atom is 0.217 e. The van der Waals surface area contributed by atoms with Crippen LogP contribution >= 0.6 is 0 Å². The third kappa shape index (κ3) is 3.81. The Morgan fingerprint density at radius 3 is 2.92 bits per heavy atom. The van der Waals surface area contributed by atoms with E-state index in [1.807, 2.05) is 24.3 Å². The maximum absolute atomic E-state index is 6.05. The predicted octanol–water partition coefficient (Wildman–Crippen LogP) is 2.54. The molecule has 1 saturated heterocycles. The first kappa shape index (κ1) is 17.2. The van der Waals surface area contributed by atoms with E-state index in [4.69, 9.17) is 14.2 Å². The highest BCUT2D eigenvalue weighted by Gasteiger charge is 2.41. The van der Waals surface area contributed by atoms with Crippen molar-refractivity contribution in [3.8, 4) is 11.8 Å². The topological polar surface area (TPSA) is 56.7 Å². The van der Waals surface area contributed by atoms with Gasteiger partial charge in [0.1, 0.15) is 0 Å². The number of hydrogen-bond acceptors (Lipinski definition) is 6. The van der Waals surface area contributed by atoms with Crippen molar-refractivity contribution in [1.82, 2.24) is 14.9 Å². The van der Waals surface area contributed by atoms with E-state index >= 15 is 0 Å². The van der Waals surface area contributed by atoms with Crippen LogP contribution in [-0.4, -0.2) is 53.9 Å². The fraction of sp³-hybridized carbons (Fsp3) is 0.500. The third-order valence-corrected chi connectivity index (χ3v) is 5.27. The highest BCUT2D eigenvalue weighted by molar-refractivity contribution is 5.25. The second-order valence-electron chi connectivity index (χ2n) is 6.94. The molecule has 4 rings (SSSR count). The Labute approximate surface area is 154 Å². The van der Waals surface area contributed by atoms with Gasteiger partial charge in [-0.1, -0.05) is 12.1 Å². The lowest BCUT2D eigenvalue weighted by Gasteiger charge is -2.37. The van der Waals surface area contributed by atoms with Gasteiger partial charge in [0.2, 0.25) is 11.8 Å². The van der Waals surface area contributed by atoms with Crippen LogP contribution in [-0.2, 0) is 11.3 Å². The molecule has 0 amide bonds. The van der Waals surface area contributed by atoms with Crippen LogP contribution in [0.3, 0.4) is 0 Å². The minimum atomic E-state index is 0.281. The first-order valence-electron chi connectivity index (χ1n) is 9.21. The quantitative estimate of drug-likeness (QED) is 0.794. The highest BCUT2D eigenvalue weighted by atomic mass is 16.5. The maximum atomic E-state index is 6.05. The Bertz CT molecular complexity index is 712. The number of pyridine rings is 2. The summed E-state index contributed by atoms with van der Waals surface area (Å²) in [5, 5.41) is 0. The van der Waals surface area contributed by atoms with Gasteiger partial charge in [-0.25, -0.2) is 9.97 Å². The molecule has 1 aliphatic carbocycles. The van der Waals surface area contributed by atoms with E-state index in [0.29, 0.717) is 30.3 Å². The van der Waals surface area contributed by atoms with Gasteiger partial charge in [0.25, 0.3) is 0 Å². The summed E-state index contributed by atoms with van der Waals surface area (Å²) in [6.45, 7) is 3.25. The number of hydrogen-bond donors (Lipinski definition) is 0. The van der Waals surface area contributed by atoms with Crippen molar-refractivity contribution in [2.24, 2.45) is 5.92 Å². The summed E-state index contributed by atoms with van der Waals surface area (Å²) in [4.78, 5) is 11.1. The zero-order valence-electron chi connectivity index (χ0n) is 15.1. The second kappa shape index (κ2) is 8.01. The number of rotatable bonds is 6. The summed E-state index contributed by atoms with van der Waals surface area (Å²) in [6.07, 6.45) is 5.93. The summed E-state index contributed by atoms with van der Waals surface area (Å²) < 4.78 is 17.3. The van der Waals surface area contributed by atoms with Gasteiger partial charge in [-0.05, 0) is 30.9 Å². The van der Waals surface area contributed by atoms with Crippen LogP contribution in [0.25, 0.3) is 0 Å². The van der Waals surface area contributed by atoms with E-state index in [2.05, 4.69) is 20.9 Å². The molecule has 0 aromatic carbocycles.